The Balaban J connectivity index is 1.60. The van der Waals surface area contributed by atoms with Gasteiger partial charge >= 0.3 is 6.18 Å². The molecule has 0 saturated carbocycles. The van der Waals surface area contributed by atoms with Crippen molar-refractivity contribution in [3.63, 3.8) is 0 Å². The topological polar surface area (TPSA) is 58.9 Å². The van der Waals surface area contributed by atoms with E-state index in [2.05, 4.69) is 31.3 Å². The maximum Gasteiger partial charge on any atom is 0.416 e. The quantitative estimate of drug-likeness (QED) is 0.303. The van der Waals surface area contributed by atoms with E-state index in [-0.39, 0.29) is 11.1 Å². The molecule has 2 heterocycles. The number of rotatable bonds is 7. The Bertz CT molecular complexity index is 1300. The summed E-state index contributed by atoms with van der Waals surface area (Å²) in [6, 6.07) is 10.0. The zero-order valence-corrected chi connectivity index (χ0v) is 18.9. The fourth-order valence-electron chi connectivity index (χ4n) is 3.58. The Morgan fingerprint density at radius 1 is 1.15 bits per heavy atom. The van der Waals surface area contributed by atoms with E-state index in [4.69, 9.17) is 0 Å². The number of aryl methyl sites for hydroxylation is 1. The third kappa shape index (κ3) is 5.01. The van der Waals surface area contributed by atoms with Crippen molar-refractivity contribution in [3.05, 3.63) is 60.0 Å². The highest BCUT2D eigenvalue weighted by atomic mass is 19.4. The molecule has 2 aromatic heterocycles. The molecule has 0 fully saturated rings. The standard InChI is InChI=1S/C24H23F4N6/c1-33(2)12-4-11-29-23-30-14-19-21(32-34(3)22(19)31-23)16-7-5-15(6-8-16)18-13-17(24(26,27)28)9-10-20(18)25/h5-7,9-10,13-14H,4,11-12H2,1-3H3,(H,29,30,31). The lowest BCUT2D eigenvalue weighted by atomic mass is 10.00. The number of hydrogen-bond acceptors (Lipinski definition) is 5. The summed E-state index contributed by atoms with van der Waals surface area (Å²) in [6.45, 7) is 1.68. The first-order valence-corrected chi connectivity index (χ1v) is 10.6. The third-order valence-electron chi connectivity index (χ3n) is 5.32. The van der Waals surface area contributed by atoms with Crippen LogP contribution in [0.5, 0.6) is 0 Å². The molecule has 0 aliphatic carbocycles. The van der Waals surface area contributed by atoms with Crippen LogP contribution in [0.3, 0.4) is 0 Å². The van der Waals surface area contributed by atoms with E-state index in [0.29, 0.717) is 28.2 Å². The number of hydrogen-bond donors (Lipinski definition) is 1. The number of nitrogens with zero attached hydrogens (tertiary/aromatic N) is 5. The van der Waals surface area contributed by atoms with E-state index in [9.17, 15) is 17.6 Å². The number of alkyl halides is 3. The number of fused-ring (bicyclic) bond motifs is 1. The maximum absolute atomic E-state index is 14.2. The highest BCUT2D eigenvalue weighted by Crippen LogP contribution is 2.34. The van der Waals surface area contributed by atoms with Crippen molar-refractivity contribution >= 4 is 17.0 Å². The Hall–Kier alpha value is -3.53. The van der Waals surface area contributed by atoms with Gasteiger partial charge in [-0.3, -0.25) is 0 Å². The first-order chi connectivity index (χ1) is 16.1. The molecule has 0 amide bonds. The minimum atomic E-state index is -4.56. The molecular formula is C24H23F4N6. The summed E-state index contributed by atoms with van der Waals surface area (Å²) in [5.41, 5.74) is 1.03. The zero-order chi connectivity index (χ0) is 24.5. The SMILES string of the molecule is CN(C)CCCNc1ncc2c(-c3[c]cc(-c4cc(C(F)(F)F)ccc4F)cc3)nn(C)c2n1. The highest BCUT2D eigenvalue weighted by molar-refractivity contribution is 5.91. The summed E-state index contributed by atoms with van der Waals surface area (Å²) in [5.74, 6) is -0.239. The fraction of sp³-hybridized carbons (Fsp3) is 0.292. The lowest BCUT2D eigenvalue weighted by molar-refractivity contribution is -0.137. The van der Waals surface area contributed by atoms with Gasteiger partial charge in [0.05, 0.1) is 10.9 Å². The van der Waals surface area contributed by atoms with Gasteiger partial charge in [0.2, 0.25) is 5.95 Å². The van der Waals surface area contributed by atoms with Gasteiger partial charge in [-0.2, -0.15) is 23.3 Å². The molecule has 0 aliphatic heterocycles. The van der Waals surface area contributed by atoms with Gasteiger partial charge < -0.3 is 10.2 Å². The molecule has 2 aromatic carbocycles. The summed E-state index contributed by atoms with van der Waals surface area (Å²) >= 11 is 0. The van der Waals surface area contributed by atoms with Gasteiger partial charge in [0.15, 0.2) is 5.65 Å². The monoisotopic (exact) mass is 471 g/mol. The van der Waals surface area contributed by atoms with E-state index in [1.807, 2.05) is 14.1 Å². The second-order valence-corrected chi connectivity index (χ2v) is 8.17. The second-order valence-electron chi connectivity index (χ2n) is 8.17. The van der Waals surface area contributed by atoms with Gasteiger partial charge in [-0.25, -0.2) is 14.1 Å². The van der Waals surface area contributed by atoms with E-state index < -0.39 is 17.6 Å². The molecule has 0 aliphatic rings. The Morgan fingerprint density at radius 2 is 1.94 bits per heavy atom. The van der Waals surface area contributed by atoms with Crippen molar-refractivity contribution in [2.75, 3.05) is 32.5 Å². The fourth-order valence-corrected chi connectivity index (χ4v) is 3.58. The number of nitrogens with one attached hydrogen (secondary N) is 1. The van der Waals surface area contributed by atoms with E-state index in [1.165, 1.54) is 6.07 Å². The number of benzene rings is 2. The average Bonchev–Trinajstić information content (AvgIpc) is 3.12. The molecule has 0 spiro atoms. The first kappa shape index (κ1) is 23.6. The minimum Gasteiger partial charge on any atom is -0.354 e. The Labute approximate surface area is 194 Å². The molecule has 10 heteroatoms. The molecule has 1 N–H and O–H groups in total. The van der Waals surface area contributed by atoms with Gasteiger partial charge in [0, 0.05) is 30.9 Å². The third-order valence-corrected chi connectivity index (χ3v) is 5.32. The van der Waals surface area contributed by atoms with Crippen LogP contribution in [-0.2, 0) is 13.2 Å². The zero-order valence-electron chi connectivity index (χ0n) is 18.9. The van der Waals surface area contributed by atoms with Crippen LogP contribution in [0.4, 0.5) is 23.5 Å². The van der Waals surface area contributed by atoms with E-state index in [1.54, 1.807) is 30.1 Å². The second kappa shape index (κ2) is 9.38. The molecular weight excluding hydrogens is 448 g/mol. The summed E-state index contributed by atoms with van der Waals surface area (Å²) in [6.07, 6.45) is -1.94. The van der Waals surface area contributed by atoms with Crippen LogP contribution in [0.2, 0.25) is 0 Å². The number of halogens is 4. The summed E-state index contributed by atoms with van der Waals surface area (Å²) in [4.78, 5) is 11.0. The molecule has 4 aromatic rings. The molecule has 34 heavy (non-hydrogen) atoms. The Kier molecular flexibility index (Phi) is 6.52. The van der Waals surface area contributed by atoms with Crippen LogP contribution in [-0.4, -0.2) is 51.8 Å². The van der Waals surface area contributed by atoms with Gasteiger partial charge in [-0.15, -0.1) is 0 Å². The lowest BCUT2D eigenvalue weighted by Gasteiger charge is -2.10. The maximum atomic E-state index is 14.2. The van der Waals surface area contributed by atoms with Crippen molar-refractivity contribution in [2.24, 2.45) is 7.05 Å². The molecule has 0 unspecified atom stereocenters. The van der Waals surface area contributed by atoms with Crippen LogP contribution < -0.4 is 5.32 Å². The van der Waals surface area contributed by atoms with Crippen LogP contribution >= 0.6 is 0 Å². The van der Waals surface area contributed by atoms with Gasteiger partial charge in [0.25, 0.3) is 0 Å². The normalized spacial score (nSPS) is 12.0. The molecule has 0 bridgehead atoms. The van der Waals surface area contributed by atoms with Gasteiger partial charge in [-0.05, 0) is 63.0 Å². The predicted molar refractivity (Wildman–Crippen MR) is 123 cm³/mol. The molecule has 6 nitrogen and oxygen atoms in total. The summed E-state index contributed by atoms with van der Waals surface area (Å²) in [7, 11) is 5.79. The average molecular weight is 471 g/mol. The number of anilines is 1. The van der Waals surface area contributed by atoms with Gasteiger partial charge in [0.1, 0.15) is 11.5 Å². The van der Waals surface area contributed by atoms with Crippen molar-refractivity contribution in [1.29, 1.82) is 0 Å². The Morgan fingerprint density at radius 3 is 2.62 bits per heavy atom. The molecule has 177 valence electrons. The van der Waals surface area contributed by atoms with E-state index in [0.717, 1.165) is 37.7 Å². The largest absolute Gasteiger partial charge is 0.416 e. The van der Waals surface area contributed by atoms with Crippen molar-refractivity contribution in [2.45, 2.75) is 12.6 Å². The van der Waals surface area contributed by atoms with Crippen molar-refractivity contribution in [3.8, 4) is 22.4 Å². The minimum absolute atomic E-state index is 0.142. The van der Waals surface area contributed by atoms with E-state index >= 15 is 0 Å². The van der Waals surface area contributed by atoms with Crippen LogP contribution in [0, 0.1) is 11.9 Å². The number of aromatic nitrogens is 4. The van der Waals surface area contributed by atoms with Gasteiger partial charge in [-0.1, -0.05) is 12.1 Å². The predicted octanol–water partition coefficient (Wildman–Crippen LogP) is 5.02. The molecule has 4 rings (SSSR count). The first-order valence-electron chi connectivity index (χ1n) is 10.6. The van der Waals surface area contributed by atoms with Crippen molar-refractivity contribution in [1.82, 2.24) is 24.6 Å². The van der Waals surface area contributed by atoms with Crippen LogP contribution in [0.25, 0.3) is 33.4 Å². The van der Waals surface area contributed by atoms with Crippen LogP contribution in [0.15, 0.2) is 42.6 Å². The highest BCUT2D eigenvalue weighted by Gasteiger charge is 2.31. The molecule has 1 radical (unpaired) electrons. The van der Waals surface area contributed by atoms with Crippen LogP contribution in [0.1, 0.15) is 12.0 Å². The summed E-state index contributed by atoms with van der Waals surface area (Å²) in [5, 5.41) is 8.42. The van der Waals surface area contributed by atoms with Crippen molar-refractivity contribution < 1.29 is 17.6 Å². The molecule has 0 saturated heterocycles. The summed E-state index contributed by atoms with van der Waals surface area (Å²) < 4.78 is 55.0. The smallest absolute Gasteiger partial charge is 0.354 e. The molecule has 0 atom stereocenters. The lowest BCUT2D eigenvalue weighted by Crippen LogP contribution is -2.17.